The average Bonchev–Trinajstić information content (AvgIpc) is 2.50. The monoisotopic (exact) mass is 316 g/mol. The van der Waals surface area contributed by atoms with Crippen molar-refractivity contribution in [1.29, 1.82) is 0 Å². The molecular formula is C18H21ClN2O. The smallest absolute Gasteiger partial charge is 0.234 e. The molecule has 0 unspecified atom stereocenters. The highest BCUT2D eigenvalue weighted by atomic mass is 35.5. The van der Waals surface area contributed by atoms with E-state index >= 15 is 0 Å². The normalized spacial score (nSPS) is 10.7. The molecule has 0 heterocycles. The second-order valence-electron chi connectivity index (χ2n) is 5.38. The number of likely N-dealkylation sites (N-methyl/N-ethyl adjacent to an activating group) is 1. The highest BCUT2D eigenvalue weighted by Gasteiger charge is 2.06. The zero-order valence-corrected chi connectivity index (χ0v) is 13.5. The molecule has 0 saturated carbocycles. The molecule has 0 saturated heterocycles. The second kappa shape index (κ2) is 8.57. The van der Waals surface area contributed by atoms with E-state index in [1.807, 2.05) is 54.4 Å². The van der Waals surface area contributed by atoms with Crippen LogP contribution in [0.5, 0.6) is 0 Å². The molecule has 0 fully saturated rings. The first-order valence-electron chi connectivity index (χ1n) is 7.37. The van der Waals surface area contributed by atoms with Crippen molar-refractivity contribution in [3.05, 3.63) is 70.7 Å². The van der Waals surface area contributed by atoms with E-state index in [2.05, 4.69) is 17.4 Å². The molecule has 1 N–H and O–H groups in total. The molecule has 116 valence electrons. The fourth-order valence-electron chi connectivity index (χ4n) is 2.25. The van der Waals surface area contributed by atoms with E-state index in [0.29, 0.717) is 13.1 Å². The summed E-state index contributed by atoms with van der Waals surface area (Å²) in [5, 5.41) is 3.68. The average molecular weight is 317 g/mol. The lowest BCUT2D eigenvalue weighted by Crippen LogP contribution is -2.35. The Bertz CT molecular complexity index is 584. The van der Waals surface area contributed by atoms with Crippen molar-refractivity contribution in [2.45, 2.75) is 13.0 Å². The van der Waals surface area contributed by atoms with Gasteiger partial charge in [-0.15, -0.1) is 0 Å². The lowest BCUT2D eigenvalue weighted by molar-refractivity contribution is -0.122. The summed E-state index contributed by atoms with van der Waals surface area (Å²) in [7, 11) is 1.94. The summed E-state index contributed by atoms with van der Waals surface area (Å²) in [5.74, 6) is 0.0485. The Kier molecular flexibility index (Phi) is 6.44. The quantitative estimate of drug-likeness (QED) is 0.851. The van der Waals surface area contributed by atoms with Gasteiger partial charge in [0, 0.05) is 18.1 Å². The molecule has 0 aliphatic carbocycles. The first-order valence-corrected chi connectivity index (χ1v) is 7.75. The minimum atomic E-state index is 0.0485. The van der Waals surface area contributed by atoms with Gasteiger partial charge >= 0.3 is 0 Å². The zero-order valence-electron chi connectivity index (χ0n) is 12.8. The van der Waals surface area contributed by atoms with E-state index in [4.69, 9.17) is 11.6 Å². The minimum Gasteiger partial charge on any atom is -0.355 e. The number of halogens is 1. The third-order valence-electron chi connectivity index (χ3n) is 3.36. The molecular weight excluding hydrogens is 296 g/mol. The lowest BCUT2D eigenvalue weighted by Gasteiger charge is -2.16. The molecule has 0 bridgehead atoms. The summed E-state index contributed by atoms with van der Waals surface area (Å²) in [6.45, 7) is 1.78. The number of rotatable bonds is 7. The van der Waals surface area contributed by atoms with Crippen LogP contribution in [0.25, 0.3) is 0 Å². The van der Waals surface area contributed by atoms with Crippen LogP contribution in [0.1, 0.15) is 11.1 Å². The van der Waals surface area contributed by atoms with Crippen LogP contribution >= 0.6 is 11.6 Å². The van der Waals surface area contributed by atoms with E-state index in [-0.39, 0.29) is 5.91 Å². The minimum absolute atomic E-state index is 0.0485. The molecule has 4 heteroatoms. The number of nitrogens with zero attached hydrogens (tertiary/aromatic N) is 1. The molecule has 0 aliphatic heterocycles. The predicted molar refractivity (Wildman–Crippen MR) is 90.9 cm³/mol. The van der Waals surface area contributed by atoms with Crippen LogP contribution in [0.15, 0.2) is 54.6 Å². The molecule has 0 atom stereocenters. The number of hydrogen-bond donors (Lipinski definition) is 1. The lowest BCUT2D eigenvalue weighted by atomic mass is 10.1. The highest BCUT2D eigenvalue weighted by molar-refractivity contribution is 6.30. The van der Waals surface area contributed by atoms with Gasteiger partial charge in [0.1, 0.15) is 0 Å². The zero-order chi connectivity index (χ0) is 15.8. The molecule has 0 aromatic heterocycles. The van der Waals surface area contributed by atoms with Crippen molar-refractivity contribution >= 4 is 17.5 Å². The maximum Gasteiger partial charge on any atom is 0.234 e. The number of nitrogens with one attached hydrogen (secondary N) is 1. The third-order valence-corrected chi connectivity index (χ3v) is 3.61. The number of carbonyl (C=O) groups excluding carboxylic acids is 1. The van der Waals surface area contributed by atoms with Crippen molar-refractivity contribution in [3.8, 4) is 0 Å². The van der Waals surface area contributed by atoms with Gasteiger partial charge in [-0.1, -0.05) is 54.1 Å². The SMILES string of the molecule is CN(CC(=O)NCCc1ccccc1)Cc1ccc(Cl)cc1. The molecule has 1 amide bonds. The molecule has 2 aromatic rings. The van der Waals surface area contributed by atoms with Crippen LogP contribution in [0.3, 0.4) is 0 Å². The number of amides is 1. The van der Waals surface area contributed by atoms with Crippen LogP contribution in [0.2, 0.25) is 5.02 Å². The summed E-state index contributed by atoms with van der Waals surface area (Å²) in [4.78, 5) is 13.9. The van der Waals surface area contributed by atoms with E-state index < -0.39 is 0 Å². The molecule has 3 nitrogen and oxygen atoms in total. The highest BCUT2D eigenvalue weighted by Crippen LogP contribution is 2.10. The summed E-state index contributed by atoms with van der Waals surface area (Å²) in [6, 6.07) is 17.8. The Morgan fingerprint density at radius 2 is 1.73 bits per heavy atom. The van der Waals surface area contributed by atoms with E-state index in [9.17, 15) is 4.79 Å². The topological polar surface area (TPSA) is 32.3 Å². The Hall–Kier alpha value is -1.84. The van der Waals surface area contributed by atoms with Crippen LogP contribution in [-0.2, 0) is 17.8 Å². The van der Waals surface area contributed by atoms with Crippen molar-refractivity contribution in [2.24, 2.45) is 0 Å². The van der Waals surface area contributed by atoms with E-state index in [1.54, 1.807) is 0 Å². The first kappa shape index (κ1) is 16.5. The standard InChI is InChI=1S/C18H21ClN2O/c1-21(13-16-7-9-17(19)10-8-16)14-18(22)20-12-11-15-5-3-2-4-6-15/h2-10H,11-14H2,1H3,(H,20,22). The summed E-state index contributed by atoms with van der Waals surface area (Å²) < 4.78 is 0. The maximum atomic E-state index is 11.9. The van der Waals surface area contributed by atoms with E-state index in [0.717, 1.165) is 23.6 Å². The van der Waals surface area contributed by atoms with Gasteiger partial charge in [-0.3, -0.25) is 9.69 Å². The number of benzene rings is 2. The fourth-order valence-corrected chi connectivity index (χ4v) is 2.38. The third kappa shape index (κ3) is 5.88. The van der Waals surface area contributed by atoms with Gasteiger partial charge in [0.25, 0.3) is 0 Å². The predicted octanol–water partition coefficient (Wildman–Crippen LogP) is 3.13. The Labute approximate surface area is 136 Å². The molecule has 2 rings (SSSR count). The number of hydrogen-bond acceptors (Lipinski definition) is 2. The molecule has 2 aromatic carbocycles. The molecule has 22 heavy (non-hydrogen) atoms. The van der Waals surface area contributed by atoms with Gasteiger partial charge in [0.15, 0.2) is 0 Å². The summed E-state index contributed by atoms with van der Waals surface area (Å²) in [5.41, 5.74) is 2.38. The summed E-state index contributed by atoms with van der Waals surface area (Å²) >= 11 is 5.86. The van der Waals surface area contributed by atoms with Gasteiger partial charge < -0.3 is 5.32 Å². The Balaban J connectivity index is 1.68. The van der Waals surface area contributed by atoms with Crippen LogP contribution in [0.4, 0.5) is 0 Å². The van der Waals surface area contributed by atoms with Crippen LogP contribution in [0, 0.1) is 0 Å². The maximum absolute atomic E-state index is 11.9. The fraction of sp³-hybridized carbons (Fsp3) is 0.278. The molecule has 0 aliphatic rings. The number of carbonyl (C=O) groups is 1. The van der Waals surface area contributed by atoms with Gasteiger partial charge in [0.05, 0.1) is 6.54 Å². The Morgan fingerprint density at radius 1 is 1.05 bits per heavy atom. The Morgan fingerprint density at radius 3 is 2.41 bits per heavy atom. The van der Waals surface area contributed by atoms with Crippen LogP contribution < -0.4 is 5.32 Å². The largest absolute Gasteiger partial charge is 0.355 e. The summed E-state index contributed by atoms with van der Waals surface area (Å²) in [6.07, 6.45) is 0.855. The van der Waals surface area contributed by atoms with Gasteiger partial charge in [-0.2, -0.15) is 0 Å². The van der Waals surface area contributed by atoms with Gasteiger partial charge in [-0.25, -0.2) is 0 Å². The van der Waals surface area contributed by atoms with Crippen molar-refractivity contribution in [3.63, 3.8) is 0 Å². The molecule has 0 spiro atoms. The van der Waals surface area contributed by atoms with E-state index in [1.165, 1.54) is 5.56 Å². The molecule has 0 radical (unpaired) electrons. The van der Waals surface area contributed by atoms with Crippen LogP contribution in [-0.4, -0.2) is 30.9 Å². The van der Waals surface area contributed by atoms with Gasteiger partial charge in [-0.05, 0) is 36.7 Å². The van der Waals surface area contributed by atoms with Crippen molar-refractivity contribution < 1.29 is 4.79 Å². The van der Waals surface area contributed by atoms with Crippen molar-refractivity contribution in [2.75, 3.05) is 20.1 Å². The second-order valence-corrected chi connectivity index (χ2v) is 5.82. The van der Waals surface area contributed by atoms with Crippen molar-refractivity contribution in [1.82, 2.24) is 10.2 Å². The first-order chi connectivity index (χ1) is 10.6. The van der Waals surface area contributed by atoms with Gasteiger partial charge in [0.2, 0.25) is 5.91 Å².